The molecule has 42 heavy (non-hydrogen) atoms. The zero-order valence-corrected chi connectivity index (χ0v) is 25.1. The number of para-hydroxylation sites is 1. The van der Waals surface area contributed by atoms with Gasteiger partial charge in [-0.15, -0.1) is 0 Å². The van der Waals surface area contributed by atoms with Crippen LogP contribution in [0.1, 0.15) is 25.0 Å². The first kappa shape index (κ1) is 30.8. The predicted molar refractivity (Wildman–Crippen MR) is 167 cm³/mol. The molecule has 0 spiro atoms. The molecule has 4 aromatic rings. The van der Waals surface area contributed by atoms with E-state index in [0.29, 0.717) is 16.3 Å². The number of hydrogen-bond donors (Lipinski definition) is 1. The van der Waals surface area contributed by atoms with Gasteiger partial charge in [-0.2, -0.15) is 0 Å². The minimum absolute atomic E-state index is 0.0520. The monoisotopic (exact) mass is 603 g/mol. The standard InChI is InChI=1S/C33H34ClN3O4S/c1-25(2)35-33(39)31(22-26-13-6-3-7-14-26)36(23-27-15-12-16-28(34)21-27)32(38)24-37(29-17-8-4-9-18-29)42(40,41)30-19-10-5-11-20-30/h3-21,25,31H,22-24H2,1-2H3,(H,35,39)/t31-/m0/s1. The molecule has 0 heterocycles. The van der Waals surface area contributed by atoms with E-state index in [9.17, 15) is 18.0 Å². The molecule has 0 radical (unpaired) electrons. The molecule has 7 nitrogen and oxygen atoms in total. The second kappa shape index (κ2) is 14.2. The minimum atomic E-state index is -4.12. The molecule has 0 aliphatic carbocycles. The Hall–Kier alpha value is -4.14. The second-order valence-corrected chi connectivity index (χ2v) is 12.5. The molecule has 9 heteroatoms. The van der Waals surface area contributed by atoms with E-state index in [1.165, 1.54) is 17.0 Å². The molecule has 0 unspecified atom stereocenters. The van der Waals surface area contributed by atoms with Crippen LogP contribution in [0.3, 0.4) is 0 Å². The zero-order valence-electron chi connectivity index (χ0n) is 23.6. The molecule has 0 aliphatic rings. The molecule has 2 amide bonds. The van der Waals surface area contributed by atoms with Crippen molar-refractivity contribution in [1.29, 1.82) is 0 Å². The van der Waals surface area contributed by atoms with Crippen LogP contribution in [-0.4, -0.2) is 43.8 Å². The van der Waals surface area contributed by atoms with Gasteiger partial charge in [-0.1, -0.05) is 90.5 Å². The minimum Gasteiger partial charge on any atom is -0.352 e. The van der Waals surface area contributed by atoms with Crippen LogP contribution in [0.15, 0.2) is 120 Å². The van der Waals surface area contributed by atoms with Gasteiger partial charge in [0.2, 0.25) is 11.8 Å². The molecular weight excluding hydrogens is 570 g/mol. The van der Waals surface area contributed by atoms with Crippen molar-refractivity contribution in [3.8, 4) is 0 Å². The van der Waals surface area contributed by atoms with Crippen LogP contribution in [0.5, 0.6) is 0 Å². The molecule has 4 rings (SSSR count). The van der Waals surface area contributed by atoms with E-state index in [-0.39, 0.29) is 29.8 Å². The maximum absolute atomic E-state index is 14.3. The normalized spacial score (nSPS) is 12.0. The third-order valence-corrected chi connectivity index (χ3v) is 8.62. The third-order valence-electron chi connectivity index (χ3n) is 6.60. The van der Waals surface area contributed by atoms with Crippen molar-refractivity contribution in [1.82, 2.24) is 10.2 Å². The van der Waals surface area contributed by atoms with Crippen molar-refractivity contribution < 1.29 is 18.0 Å². The Labute approximate surface area is 252 Å². The van der Waals surface area contributed by atoms with Crippen molar-refractivity contribution in [3.05, 3.63) is 131 Å². The fraction of sp³-hybridized carbons (Fsp3) is 0.212. The van der Waals surface area contributed by atoms with E-state index >= 15 is 0 Å². The number of benzene rings is 4. The van der Waals surface area contributed by atoms with Crippen molar-refractivity contribution in [3.63, 3.8) is 0 Å². The van der Waals surface area contributed by atoms with Gasteiger partial charge in [0, 0.05) is 24.0 Å². The van der Waals surface area contributed by atoms with Gasteiger partial charge in [0.25, 0.3) is 10.0 Å². The Kier molecular flexibility index (Phi) is 10.4. The summed E-state index contributed by atoms with van der Waals surface area (Å²) in [7, 11) is -4.12. The number of halogens is 1. The number of hydrogen-bond acceptors (Lipinski definition) is 4. The summed E-state index contributed by atoms with van der Waals surface area (Å²) in [4.78, 5) is 29.5. The lowest BCUT2D eigenvalue weighted by Crippen LogP contribution is -2.54. The quantitative estimate of drug-likeness (QED) is 0.225. The van der Waals surface area contributed by atoms with Crippen LogP contribution in [0.25, 0.3) is 0 Å². The smallest absolute Gasteiger partial charge is 0.264 e. The number of nitrogens with zero attached hydrogens (tertiary/aromatic N) is 2. The third kappa shape index (κ3) is 7.99. The first-order valence-corrected chi connectivity index (χ1v) is 15.5. The summed E-state index contributed by atoms with van der Waals surface area (Å²) < 4.78 is 28.9. The number of sulfonamides is 1. The predicted octanol–water partition coefficient (Wildman–Crippen LogP) is 5.70. The lowest BCUT2D eigenvalue weighted by Gasteiger charge is -2.34. The molecular formula is C33H34ClN3O4S. The highest BCUT2D eigenvalue weighted by molar-refractivity contribution is 7.92. The Morgan fingerprint density at radius 3 is 1.95 bits per heavy atom. The Bertz CT molecular complexity index is 1580. The molecule has 0 saturated carbocycles. The van der Waals surface area contributed by atoms with Crippen LogP contribution >= 0.6 is 11.6 Å². The summed E-state index contributed by atoms with van der Waals surface area (Å²) in [5.41, 5.74) is 1.91. The van der Waals surface area contributed by atoms with Crippen LogP contribution in [0.4, 0.5) is 5.69 Å². The highest BCUT2D eigenvalue weighted by Gasteiger charge is 2.34. The maximum atomic E-state index is 14.3. The van der Waals surface area contributed by atoms with Crippen molar-refractivity contribution >= 4 is 39.1 Å². The van der Waals surface area contributed by atoms with Crippen molar-refractivity contribution in [2.45, 2.75) is 43.8 Å². The number of rotatable bonds is 12. The summed E-state index contributed by atoms with van der Waals surface area (Å²) in [5, 5.41) is 3.44. The van der Waals surface area contributed by atoms with Crippen LogP contribution < -0.4 is 9.62 Å². The molecule has 0 aromatic heterocycles. The molecule has 1 atom stereocenters. The van der Waals surface area contributed by atoms with Gasteiger partial charge in [-0.05, 0) is 61.4 Å². The molecule has 4 aromatic carbocycles. The van der Waals surface area contributed by atoms with E-state index in [1.807, 2.05) is 50.2 Å². The fourth-order valence-corrected chi connectivity index (χ4v) is 6.26. The maximum Gasteiger partial charge on any atom is 0.264 e. The van der Waals surface area contributed by atoms with Crippen LogP contribution in [0.2, 0.25) is 5.02 Å². The van der Waals surface area contributed by atoms with Crippen LogP contribution in [0, 0.1) is 0 Å². The number of carbonyl (C=O) groups excluding carboxylic acids is 2. The zero-order chi connectivity index (χ0) is 30.1. The Morgan fingerprint density at radius 1 is 0.786 bits per heavy atom. The number of amides is 2. The van der Waals surface area contributed by atoms with E-state index in [2.05, 4.69) is 5.32 Å². The summed E-state index contributed by atoms with van der Waals surface area (Å²) in [6.45, 7) is 3.24. The van der Waals surface area contributed by atoms with Crippen LogP contribution in [-0.2, 0) is 32.6 Å². The average molecular weight is 604 g/mol. The van der Waals surface area contributed by atoms with E-state index in [0.717, 1.165) is 9.87 Å². The van der Waals surface area contributed by atoms with E-state index < -0.39 is 28.5 Å². The van der Waals surface area contributed by atoms with Gasteiger partial charge in [0.05, 0.1) is 10.6 Å². The van der Waals surface area contributed by atoms with Gasteiger partial charge < -0.3 is 10.2 Å². The Balaban J connectivity index is 1.78. The summed E-state index contributed by atoms with van der Waals surface area (Å²) in [6.07, 6.45) is 0.239. The van der Waals surface area contributed by atoms with Crippen molar-refractivity contribution in [2.75, 3.05) is 10.8 Å². The molecule has 0 fully saturated rings. The summed E-state index contributed by atoms with van der Waals surface area (Å²) >= 11 is 6.27. The molecule has 0 aliphatic heterocycles. The lowest BCUT2D eigenvalue weighted by atomic mass is 10.0. The highest BCUT2D eigenvalue weighted by Crippen LogP contribution is 2.25. The molecule has 218 valence electrons. The second-order valence-electron chi connectivity index (χ2n) is 10.2. The highest BCUT2D eigenvalue weighted by atomic mass is 35.5. The largest absolute Gasteiger partial charge is 0.352 e. The summed E-state index contributed by atoms with van der Waals surface area (Å²) in [5.74, 6) is -0.861. The van der Waals surface area contributed by atoms with Gasteiger partial charge in [0.15, 0.2) is 0 Å². The topological polar surface area (TPSA) is 86.8 Å². The van der Waals surface area contributed by atoms with E-state index in [4.69, 9.17) is 11.6 Å². The molecule has 0 bridgehead atoms. The fourth-order valence-electron chi connectivity index (χ4n) is 4.61. The first-order valence-electron chi connectivity index (χ1n) is 13.7. The van der Waals surface area contributed by atoms with Gasteiger partial charge in [-0.3, -0.25) is 13.9 Å². The lowest BCUT2D eigenvalue weighted by molar-refractivity contribution is -0.140. The Morgan fingerprint density at radius 2 is 1.36 bits per heavy atom. The molecule has 0 saturated heterocycles. The first-order chi connectivity index (χ1) is 20.1. The molecule has 1 N–H and O–H groups in total. The van der Waals surface area contributed by atoms with Gasteiger partial charge in [0.1, 0.15) is 12.6 Å². The number of anilines is 1. The average Bonchev–Trinajstić information content (AvgIpc) is 2.98. The summed E-state index contributed by atoms with van der Waals surface area (Å²) in [6, 6.07) is 31.9. The number of carbonyl (C=O) groups is 2. The van der Waals surface area contributed by atoms with Gasteiger partial charge in [-0.25, -0.2) is 8.42 Å². The number of nitrogens with one attached hydrogen (secondary N) is 1. The SMILES string of the molecule is CC(C)NC(=O)[C@H](Cc1ccccc1)N(Cc1cccc(Cl)c1)C(=O)CN(c1ccccc1)S(=O)(=O)c1ccccc1. The van der Waals surface area contributed by atoms with Crippen molar-refractivity contribution in [2.24, 2.45) is 0 Å². The van der Waals surface area contributed by atoms with Gasteiger partial charge >= 0.3 is 0 Å². The van der Waals surface area contributed by atoms with E-state index in [1.54, 1.807) is 66.7 Å².